The number of piperidine rings is 1. The monoisotopic (exact) mass is 313 g/mol. The lowest BCUT2D eigenvalue weighted by Crippen LogP contribution is -2.39. The summed E-state index contributed by atoms with van der Waals surface area (Å²) in [4.78, 5) is 6.75. The predicted octanol–water partition coefficient (Wildman–Crippen LogP) is 0.143. The molecule has 118 valence electrons. The minimum atomic E-state index is -2.88. The van der Waals surface area contributed by atoms with Gasteiger partial charge in [0.05, 0.1) is 11.5 Å². The molecule has 0 amide bonds. The predicted molar refractivity (Wildman–Crippen MR) is 81.3 cm³/mol. The highest BCUT2D eigenvalue weighted by atomic mass is 32.2. The van der Waals surface area contributed by atoms with Crippen LogP contribution in [0.4, 0.5) is 5.95 Å². The van der Waals surface area contributed by atoms with Crippen molar-refractivity contribution in [2.45, 2.75) is 25.2 Å². The van der Waals surface area contributed by atoms with E-state index in [2.05, 4.69) is 25.4 Å². The maximum Gasteiger partial charge on any atom is 0.244 e. The molecular formula is C13H23N5O2S. The number of rotatable bonds is 4. The van der Waals surface area contributed by atoms with E-state index in [-0.39, 0.29) is 17.4 Å². The Kier molecular flexibility index (Phi) is 4.17. The fourth-order valence-corrected chi connectivity index (χ4v) is 5.05. The Morgan fingerprint density at radius 3 is 3.00 bits per heavy atom. The molecule has 8 heteroatoms. The van der Waals surface area contributed by atoms with Crippen molar-refractivity contribution in [3.8, 4) is 0 Å². The molecule has 0 saturated carbocycles. The topological polar surface area (TPSA) is 91.0 Å². The number of nitrogens with zero attached hydrogens (tertiary/aromatic N) is 3. The number of anilines is 1. The number of hydrogen-bond donors (Lipinski definition) is 2. The second-order valence-electron chi connectivity index (χ2n) is 6.13. The largest absolute Gasteiger partial charge is 0.339 e. The molecule has 0 radical (unpaired) electrons. The Bertz CT molecular complexity index is 583. The quantitative estimate of drug-likeness (QED) is 0.822. The van der Waals surface area contributed by atoms with Gasteiger partial charge in [-0.05, 0) is 38.8 Å². The third-order valence-corrected chi connectivity index (χ3v) is 6.17. The molecule has 0 bridgehead atoms. The van der Waals surface area contributed by atoms with E-state index in [1.165, 1.54) is 6.42 Å². The molecule has 2 N–H and O–H groups in total. The Balaban J connectivity index is 1.67. The van der Waals surface area contributed by atoms with Crippen LogP contribution in [0.1, 0.15) is 31.0 Å². The van der Waals surface area contributed by atoms with Gasteiger partial charge in [0.25, 0.3) is 0 Å². The molecule has 2 aliphatic heterocycles. The first-order chi connectivity index (χ1) is 10.1. The SMILES string of the molecule is CNCC1CCCN(c2n[nH]c(C3CCS(=O)(=O)C3)n2)C1. The summed E-state index contributed by atoms with van der Waals surface area (Å²) in [7, 11) is -0.908. The molecule has 2 fully saturated rings. The van der Waals surface area contributed by atoms with Crippen LogP contribution in [0.15, 0.2) is 0 Å². The zero-order valence-corrected chi connectivity index (χ0v) is 13.2. The van der Waals surface area contributed by atoms with Crippen LogP contribution >= 0.6 is 0 Å². The minimum Gasteiger partial charge on any atom is -0.339 e. The summed E-state index contributed by atoms with van der Waals surface area (Å²) in [5, 5.41) is 10.5. The zero-order chi connectivity index (χ0) is 14.9. The van der Waals surface area contributed by atoms with Crippen molar-refractivity contribution in [1.82, 2.24) is 20.5 Å². The van der Waals surface area contributed by atoms with Crippen LogP contribution < -0.4 is 10.2 Å². The summed E-state index contributed by atoms with van der Waals surface area (Å²) in [5.41, 5.74) is 0. The zero-order valence-electron chi connectivity index (χ0n) is 12.4. The van der Waals surface area contributed by atoms with Gasteiger partial charge in [-0.1, -0.05) is 0 Å². The van der Waals surface area contributed by atoms with Crippen molar-refractivity contribution in [3.05, 3.63) is 5.82 Å². The lowest BCUT2D eigenvalue weighted by Gasteiger charge is -2.31. The van der Waals surface area contributed by atoms with Crippen LogP contribution in [0.5, 0.6) is 0 Å². The van der Waals surface area contributed by atoms with E-state index < -0.39 is 9.84 Å². The van der Waals surface area contributed by atoms with Crippen molar-refractivity contribution in [2.75, 3.05) is 43.1 Å². The lowest BCUT2D eigenvalue weighted by molar-refractivity contribution is 0.399. The highest BCUT2D eigenvalue weighted by Gasteiger charge is 2.32. The molecule has 3 heterocycles. The fourth-order valence-electron chi connectivity index (χ4n) is 3.30. The van der Waals surface area contributed by atoms with Gasteiger partial charge in [-0.2, -0.15) is 4.98 Å². The van der Waals surface area contributed by atoms with Crippen molar-refractivity contribution in [2.24, 2.45) is 5.92 Å². The van der Waals surface area contributed by atoms with Crippen LogP contribution in [0.3, 0.4) is 0 Å². The second kappa shape index (κ2) is 5.92. The van der Waals surface area contributed by atoms with Crippen LogP contribution in [0, 0.1) is 5.92 Å². The third kappa shape index (κ3) is 3.37. The number of hydrogen-bond acceptors (Lipinski definition) is 6. The van der Waals surface area contributed by atoms with Gasteiger partial charge in [0.2, 0.25) is 5.95 Å². The van der Waals surface area contributed by atoms with Gasteiger partial charge < -0.3 is 10.2 Å². The molecule has 7 nitrogen and oxygen atoms in total. The Labute approximate surface area is 125 Å². The van der Waals surface area contributed by atoms with Gasteiger partial charge in [-0.25, -0.2) is 8.42 Å². The summed E-state index contributed by atoms with van der Waals surface area (Å²) >= 11 is 0. The molecule has 1 aromatic rings. The van der Waals surface area contributed by atoms with Crippen LogP contribution in [-0.2, 0) is 9.84 Å². The van der Waals surface area contributed by atoms with Gasteiger partial charge in [0.1, 0.15) is 5.82 Å². The molecule has 3 rings (SSSR count). The highest BCUT2D eigenvalue weighted by Crippen LogP contribution is 2.28. The van der Waals surface area contributed by atoms with Gasteiger partial charge in [-0.15, -0.1) is 5.10 Å². The average Bonchev–Trinajstić information content (AvgIpc) is 3.06. The summed E-state index contributed by atoms with van der Waals surface area (Å²) in [6.07, 6.45) is 3.03. The minimum absolute atomic E-state index is 0.0193. The van der Waals surface area contributed by atoms with Gasteiger partial charge in [0, 0.05) is 19.0 Å². The summed E-state index contributed by atoms with van der Waals surface area (Å²) in [6.45, 7) is 2.94. The molecule has 0 aliphatic carbocycles. The molecule has 2 aliphatic rings. The van der Waals surface area contributed by atoms with Gasteiger partial charge in [0.15, 0.2) is 9.84 Å². The molecule has 0 spiro atoms. The van der Waals surface area contributed by atoms with Crippen molar-refractivity contribution in [3.63, 3.8) is 0 Å². The molecule has 1 aromatic heterocycles. The van der Waals surface area contributed by atoms with Gasteiger partial charge in [-0.3, -0.25) is 5.10 Å². The van der Waals surface area contributed by atoms with E-state index in [0.717, 1.165) is 37.8 Å². The van der Waals surface area contributed by atoms with Crippen LogP contribution in [-0.4, -0.2) is 61.8 Å². The Morgan fingerprint density at radius 2 is 2.29 bits per heavy atom. The molecule has 2 saturated heterocycles. The molecule has 0 aromatic carbocycles. The van der Waals surface area contributed by atoms with E-state index in [1.54, 1.807) is 0 Å². The maximum atomic E-state index is 11.6. The Hall–Kier alpha value is -1.15. The Morgan fingerprint density at radius 1 is 1.43 bits per heavy atom. The average molecular weight is 313 g/mol. The number of sulfone groups is 1. The van der Waals surface area contributed by atoms with Crippen molar-refractivity contribution < 1.29 is 8.42 Å². The summed E-state index contributed by atoms with van der Waals surface area (Å²) in [6, 6.07) is 0. The van der Waals surface area contributed by atoms with Crippen molar-refractivity contribution >= 4 is 15.8 Å². The highest BCUT2D eigenvalue weighted by molar-refractivity contribution is 7.91. The molecule has 21 heavy (non-hydrogen) atoms. The van der Waals surface area contributed by atoms with Gasteiger partial charge >= 0.3 is 0 Å². The fraction of sp³-hybridized carbons (Fsp3) is 0.846. The first-order valence-electron chi connectivity index (χ1n) is 7.59. The van der Waals surface area contributed by atoms with E-state index >= 15 is 0 Å². The van der Waals surface area contributed by atoms with E-state index in [0.29, 0.717) is 12.3 Å². The first-order valence-corrected chi connectivity index (χ1v) is 9.42. The lowest BCUT2D eigenvalue weighted by atomic mass is 9.98. The van der Waals surface area contributed by atoms with E-state index in [4.69, 9.17) is 0 Å². The number of aromatic nitrogens is 3. The smallest absolute Gasteiger partial charge is 0.244 e. The van der Waals surface area contributed by atoms with Crippen LogP contribution in [0.2, 0.25) is 0 Å². The maximum absolute atomic E-state index is 11.6. The number of nitrogens with one attached hydrogen (secondary N) is 2. The second-order valence-corrected chi connectivity index (χ2v) is 8.36. The third-order valence-electron chi connectivity index (χ3n) is 4.40. The summed E-state index contributed by atoms with van der Waals surface area (Å²) < 4.78 is 23.1. The molecule has 2 atom stereocenters. The van der Waals surface area contributed by atoms with Crippen molar-refractivity contribution in [1.29, 1.82) is 0 Å². The van der Waals surface area contributed by atoms with Crippen LogP contribution in [0.25, 0.3) is 0 Å². The van der Waals surface area contributed by atoms with E-state index in [9.17, 15) is 8.42 Å². The van der Waals surface area contributed by atoms with E-state index in [1.807, 2.05) is 7.05 Å². The molecular weight excluding hydrogens is 290 g/mol. The number of aromatic amines is 1. The number of H-pyrrole nitrogens is 1. The summed E-state index contributed by atoms with van der Waals surface area (Å²) in [5.74, 6) is 2.51. The first kappa shape index (κ1) is 14.8. The normalized spacial score (nSPS) is 28.9. The standard InChI is InChI=1S/C13H23N5O2S/c1-14-7-10-3-2-5-18(8-10)13-15-12(16-17-13)11-4-6-21(19,20)9-11/h10-11,14H,2-9H2,1H3,(H,15,16,17). The molecule has 2 unspecified atom stereocenters.